The Bertz CT molecular complexity index is 523. The molecule has 1 atom stereocenters. The predicted octanol–water partition coefficient (Wildman–Crippen LogP) is 1.77. The standard InChI is InChI=1S/C15H19N3O2/c1-10(2)14(11-6-4-3-5-7-11)16-15(20)12-8-9-13(19)18-17-12/h3-7,10,14H,8-9H2,1-2H3,(H,16,20)(H,18,19). The van der Waals surface area contributed by atoms with Gasteiger partial charge in [-0.3, -0.25) is 9.59 Å². The van der Waals surface area contributed by atoms with Crippen molar-refractivity contribution in [2.75, 3.05) is 0 Å². The van der Waals surface area contributed by atoms with E-state index >= 15 is 0 Å². The maximum Gasteiger partial charge on any atom is 0.267 e. The summed E-state index contributed by atoms with van der Waals surface area (Å²) in [5.74, 6) is -0.0993. The number of carbonyl (C=O) groups is 2. The smallest absolute Gasteiger partial charge is 0.267 e. The van der Waals surface area contributed by atoms with Crippen LogP contribution in [0.1, 0.15) is 38.3 Å². The highest BCUT2D eigenvalue weighted by Gasteiger charge is 2.23. The largest absolute Gasteiger partial charge is 0.344 e. The van der Waals surface area contributed by atoms with Crippen LogP contribution < -0.4 is 10.7 Å². The molecule has 0 radical (unpaired) electrons. The van der Waals surface area contributed by atoms with Gasteiger partial charge in [0.1, 0.15) is 5.71 Å². The SMILES string of the molecule is CC(C)C(NC(=O)C1=NNC(=O)CC1)c1ccccc1. The Morgan fingerprint density at radius 3 is 2.50 bits per heavy atom. The van der Waals surface area contributed by atoms with Gasteiger partial charge in [0.05, 0.1) is 6.04 Å². The molecule has 5 nitrogen and oxygen atoms in total. The first-order valence-corrected chi connectivity index (χ1v) is 6.79. The van der Waals surface area contributed by atoms with Gasteiger partial charge in [-0.05, 0) is 11.5 Å². The molecule has 0 aromatic heterocycles. The summed E-state index contributed by atoms with van der Waals surface area (Å²) in [6, 6.07) is 9.78. The summed E-state index contributed by atoms with van der Waals surface area (Å²) in [7, 11) is 0. The van der Waals surface area contributed by atoms with E-state index in [1.807, 2.05) is 30.3 Å². The van der Waals surface area contributed by atoms with E-state index in [0.29, 0.717) is 18.6 Å². The minimum absolute atomic E-state index is 0.0657. The van der Waals surface area contributed by atoms with Crippen LogP contribution in [0.15, 0.2) is 35.4 Å². The topological polar surface area (TPSA) is 70.6 Å². The van der Waals surface area contributed by atoms with Crippen LogP contribution in [0.5, 0.6) is 0 Å². The van der Waals surface area contributed by atoms with Gasteiger partial charge in [-0.2, -0.15) is 5.10 Å². The third-order valence-electron chi connectivity index (χ3n) is 3.28. The maximum absolute atomic E-state index is 12.2. The highest BCUT2D eigenvalue weighted by Crippen LogP contribution is 2.21. The number of hydrogen-bond acceptors (Lipinski definition) is 3. The van der Waals surface area contributed by atoms with Gasteiger partial charge >= 0.3 is 0 Å². The zero-order chi connectivity index (χ0) is 14.5. The molecule has 1 aromatic carbocycles. The Hall–Kier alpha value is -2.17. The molecule has 1 aromatic rings. The van der Waals surface area contributed by atoms with Crippen molar-refractivity contribution >= 4 is 17.5 Å². The molecular formula is C15H19N3O2. The number of benzene rings is 1. The fourth-order valence-electron chi connectivity index (χ4n) is 2.16. The quantitative estimate of drug-likeness (QED) is 0.877. The van der Waals surface area contributed by atoms with Crippen LogP contribution in [0.25, 0.3) is 0 Å². The Labute approximate surface area is 118 Å². The van der Waals surface area contributed by atoms with Gasteiger partial charge < -0.3 is 5.32 Å². The monoisotopic (exact) mass is 273 g/mol. The van der Waals surface area contributed by atoms with E-state index in [-0.39, 0.29) is 23.8 Å². The van der Waals surface area contributed by atoms with Gasteiger partial charge in [0.2, 0.25) is 5.91 Å². The molecule has 0 fully saturated rings. The van der Waals surface area contributed by atoms with Crippen LogP contribution in [-0.2, 0) is 9.59 Å². The van der Waals surface area contributed by atoms with Crippen molar-refractivity contribution < 1.29 is 9.59 Å². The molecule has 0 saturated heterocycles. The number of rotatable bonds is 4. The summed E-state index contributed by atoms with van der Waals surface area (Å²) >= 11 is 0. The third kappa shape index (κ3) is 3.44. The lowest BCUT2D eigenvalue weighted by molar-refractivity contribution is -0.121. The molecule has 106 valence electrons. The van der Waals surface area contributed by atoms with Crippen LogP contribution in [-0.4, -0.2) is 17.5 Å². The van der Waals surface area contributed by atoms with Gasteiger partial charge in [-0.25, -0.2) is 5.43 Å². The van der Waals surface area contributed by atoms with Crippen molar-refractivity contribution in [1.82, 2.24) is 10.7 Å². The molecule has 2 rings (SSSR count). The maximum atomic E-state index is 12.2. The molecule has 1 aliphatic heterocycles. The van der Waals surface area contributed by atoms with Crippen LogP contribution in [0, 0.1) is 5.92 Å². The van der Waals surface area contributed by atoms with Gasteiger partial charge in [-0.15, -0.1) is 0 Å². The van der Waals surface area contributed by atoms with Gasteiger partial charge in [0, 0.05) is 12.8 Å². The number of hydrogen-bond donors (Lipinski definition) is 2. The summed E-state index contributed by atoms with van der Waals surface area (Å²) < 4.78 is 0. The average molecular weight is 273 g/mol. The molecular weight excluding hydrogens is 254 g/mol. The normalized spacial score (nSPS) is 16.4. The van der Waals surface area contributed by atoms with Crippen LogP contribution in [0.3, 0.4) is 0 Å². The summed E-state index contributed by atoms with van der Waals surface area (Å²) in [6.45, 7) is 4.12. The molecule has 5 heteroatoms. The lowest BCUT2D eigenvalue weighted by atomic mass is 9.95. The Kier molecular flexibility index (Phi) is 4.50. The number of carbonyl (C=O) groups excluding carboxylic acids is 2. The molecule has 20 heavy (non-hydrogen) atoms. The van der Waals surface area contributed by atoms with E-state index in [2.05, 4.69) is 29.7 Å². The molecule has 0 bridgehead atoms. The predicted molar refractivity (Wildman–Crippen MR) is 77.0 cm³/mol. The number of nitrogens with one attached hydrogen (secondary N) is 2. The Morgan fingerprint density at radius 1 is 1.25 bits per heavy atom. The number of nitrogens with zero attached hydrogens (tertiary/aromatic N) is 1. The molecule has 1 heterocycles. The first-order valence-electron chi connectivity index (χ1n) is 6.79. The Morgan fingerprint density at radius 2 is 1.95 bits per heavy atom. The van der Waals surface area contributed by atoms with Crippen molar-refractivity contribution in [3.8, 4) is 0 Å². The molecule has 1 aliphatic rings. The first kappa shape index (κ1) is 14.2. The molecule has 0 spiro atoms. The molecule has 0 aliphatic carbocycles. The second kappa shape index (κ2) is 6.32. The second-order valence-corrected chi connectivity index (χ2v) is 5.20. The number of hydrazone groups is 1. The van der Waals surface area contributed by atoms with E-state index in [1.165, 1.54) is 0 Å². The van der Waals surface area contributed by atoms with Gasteiger partial charge in [0.15, 0.2) is 0 Å². The average Bonchev–Trinajstić information content (AvgIpc) is 2.46. The lowest BCUT2D eigenvalue weighted by Crippen LogP contribution is -2.40. The lowest BCUT2D eigenvalue weighted by Gasteiger charge is -2.23. The third-order valence-corrected chi connectivity index (χ3v) is 3.28. The summed E-state index contributed by atoms with van der Waals surface area (Å²) in [5.41, 5.74) is 3.79. The highest BCUT2D eigenvalue weighted by molar-refractivity contribution is 6.39. The molecule has 1 unspecified atom stereocenters. The Balaban J connectivity index is 2.09. The minimum Gasteiger partial charge on any atom is -0.344 e. The van der Waals surface area contributed by atoms with E-state index in [0.717, 1.165) is 5.56 Å². The van der Waals surface area contributed by atoms with Crippen molar-refractivity contribution in [1.29, 1.82) is 0 Å². The van der Waals surface area contributed by atoms with Gasteiger partial charge in [-0.1, -0.05) is 44.2 Å². The van der Waals surface area contributed by atoms with E-state index < -0.39 is 0 Å². The van der Waals surface area contributed by atoms with Crippen LogP contribution in [0.2, 0.25) is 0 Å². The highest BCUT2D eigenvalue weighted by atomic mass is 16.2. The van der Waals surface area contributed by atoms with Gasteiger partial charge in [0.25, 0.3) is 5.91 Å². The zero-order valence-electron chi connectivity index (χ0n) is 11.7. The van der Waals surface area contributed by atoms with E-state index in [1.54, 1.807) is 0 Å². The fraction of sp³-hybridized carbons (Fsp3) is 0.400. The van der Waals surface area contributed by atoms with E-state index in [4.69, 9.17) is 0 Å². The zero-order valence-corrected chi connectivity index (χ0v) is 11.7. The number of amides is 2. The fourth-order valence-corrected chi connectivity index (χ4v) is 2.16. The molecule has 2 amide bonds. The van der Waals surface area contributed by atoms with Crippen molar-refractivity contribution in [2.45, 2.75) is 32.7 Å². The van der Waals surface area contributed by atoms with Crippen molar-refractivity contribution in [3.05, 3.63) is 35.9 Å². The molecule has 2 N–H and O–H groups in total. The van der Waals surface area contributed by atoms with Crippen molar-refractivity contribution in [3.63, 3.8) is 0 Å². The summed E-state index contributed by atoms with van der Waals surface area (Å²) in [4.78, 5) is 23.2. The summed E-state index contributed by atoms with van der Waals surface area (Å²) in [5, 5.41) is 6.82. The van der Waals surface area contributed by atoms with E-state index in [9.17, 15) is 9.59 Å². The van der Waals surface area contributed by atoms with Crippen LogP contribution >= 0.6 is 0 Å². The minimum atomic E-state index is -0.215. The van der Waals surface area contributed by atoms with Crippen LogP contribution in [0.4, 0.5) is 0 Å². The second-order valence-electron chi connectivity index (χ2n) is 5.20. The summed E-state index contributed by atoms with van der Waals surface area (Å²) in [6.07, 6.45) is 0.696. The first-order chi connectivity index (χ1) is 9.58. The molecule has 0 saturated carbocycles. The van der Waals surface area contributed by atoms with Crippen molar-refractivity contribution in [2.24, 2.45) is 11.0 Å².